The highest BCUT2D eigenvalue weighted by atomic mass is 127. The van der Waals surface area contributed by atoms with E-state index in [1.165, 1.54) is 17.0 Å². The van der Waals surface area contributed by atoms with E-state index in [-0.39, 0.29) is 29.8 Å². The van der Waals surface area contributed by atoms with Gasteiger partial charge in [-0.3, -0.25) is 4.99 Å². The van der Waals surface area contributed by atoms with Gasteiger partial charge in [0.05, 0.1) is 5.01 Å². The van der Waals surface area contributed by atoms with Crippen LogP contribution in [0.25, 0.3) is 0 Å². The molecule has 2 aromatic carbocycles. The van der Waals surface area contributed by atoms with Crippen molar-refractivity contribution in [3.05, 3.63) is 81.6 Å². The Kier molecular flexibility index (Phi) is 10.0. The second-order valence-corrected chi connectivity index (χ2v) is 7.85. The standard InChI is InChI=1S/C22H25FN4OS.HI/c1-16-13-26-21(29-16)10-11-25-22(24-2)27-14-17-6-8-20(9-7-17)28-15-18-4-3-5-19(23)12-18;/h3-9,12-13H,10-11,14-15H2,1-2H3,(H2,24,25,27);1H. The van der Waals surface area contributed by atoms with Gasteiger partial charge in [0.1, 0.15) is 18.2 Å². The van der Waals surface area contributed by atoms with Crippen LogP contribution in [0.3, 0.4) is 0 Å². The molecule has 0 saturated carbocycles. The van der Waals surface area contributed by atoms with Gasteiger partial charge in [-0.05, 0) is 42.3 Å². The maximum absolute atomic E-state index is 13.2. The van der Waals surface area contributed by atoms with Crippen molar-refractivity contribution in [2.24, 2.45) is 4.99 Å². The average Bonchev–Trinajstić information content (AvgIpc) is 3.15. The second kappa shape index (κ2) is 12.5. The zero-order valence-electron chi connectivity index (χ0n) is 17.0. The summed E-state index contributed by atoms with van der Waals surface area (Å²) in [6, 6.07) is 14.3. The van der Waals surface area contributed by atoms with Gasteiger partial charge >= 0.3 is 0 Å². The maximum Gasteiger partial charge on any atom is 0.191 e. The van der Waals surface area contributed by atoms with Gasteiger partial charge in [-0.2, -0.15) is 0 Å². The number of guanidine groups is 1. The first-order valence-corrected chi connectivity index (χ1v) is 10.3. The van der Waals surface area contributed by atoms with E-state index in [9.17, 15) is 4.39 Å². The topological polar surface area (TPSA) is 58.5 Å². The van der Waals surface area contributed by atoms with E-state index in [0.717, 1.165) is 40.8 Å². The molecular formula is C22H26FIN4OS. The average molecular weight is 540 g/mol. The van der Waals surface area contributed by atoms with E-state index in [4.69, 9.17) is 4.74 Å². The number of thiazole rings is 1. The minimum absolute atomic E-state index is 0. The Morgan fingerprint density at radius 1 is 1.13 bits per heavy atom. The first-order valence-electron chi connectivity index (χ1n) is 9.44. The van der Waals surface area contributed by atoms with Gasteiger partial charge in [0.2, 0.25) is 0 Å². The summed E-state index contributed by atoms with van der Waals surface area (Å²) in [7, 11) is 1.76. The Balaban J connectivity index is 0.00000320. The van der Waals surface area contributed by atoms with Crippen LogP contribution in [0.2, 0.25) is 0 Å². The molecule has 0 spiro atoms. The van der Waals surface area contributed by atoms with Crippen molar-refractivity contribution in [3.8, 4) is 5.75 Å². The lowest BCUT2D eigenvalue weighted by Crippen LogP contribution is -2.37. The number of aliphatic imine (C=N–C) groups is 1. The SMILES string of the molecule is CN=C(NCCc1ncc(C)s1)NCc1ccc(OCc2cccc(F)c2)cc1.I. The van der Waals surface area contributed by atoms with Gasteiger partial charge in [-0.15, -0.1) is 35.3 Å². The predicted octanol–water partition coefficient (Wildman–Crippen LogP) is 4.70. The van der Waals surface area contributed by atoms with E-state index < -0.39 is 0 Å². The van der Waals surface area contributed by atoms with Crippen molar-refractivity contribution < 1.29 is 9.13 Å². The molecule has 0 bridgehead atoms. The Morgan fingerprint density at radius 3 is 2.60 bits per heavy atom. The predicted molar refractivity (Wildman–Crippen MR) is 131 cm³/mol. The van der Waals surface area contributed by atoms with Crippen molar-refractivity contribution in [3.63, 3.8) is 0 Å². The summed E-state index contributed by atoms with van der Waals surface area (Å²) in [5, 5.41) is 7.73. The number of hydrogen-bond donors (Lipinski definition) is 2. The van der Waals surface area contributed by atoms with Crippen LogP contribution < -0.4 is 15.4 Å². The Labute approximate surface area is 197 Å². The summed E-state index contributed by atoms with van der Waals surface area (Å²) in [6.07, 6.45) is 2.77. The fourth-order valence-electron chi connectivity index (χ4n) is 2.71. The molecule has 2 N–H and O–H groups in total. The molecule has 0 unspecified atom stereocenters. The molecule has 3 rings (SSSR count). The quantitative estimate of drug-likeness (QED) is 0.247. The smallest absolute Gasteiger partial charge is 0.191 e. The molecule has 0 aliphatic rings. The number of nitrogens with zero attached hydrogens (tertiary/aromatic N) is 2. The molecule has 5 nitrogen and oxygen atoms in total. The molecule has 8 heteroatoms. The molecule has 0 amide bonds. The van der Waals surface area contributed by atoms with Crippen molar-refractivity contribution in [1.82, 2.24) is 15.6 Å². The van der Waals surface area contributed by atoms with Crippen LogP contribution in [0.5, 0.6) is 5.75 Å². The van der Waals surface area contributed by atoms with Crippen LogP contribution in [0.4, 0.5) is 4.39 Å². The van der Waals surface area contributed by atoms with Crippen molar-refractivity contribution in [2.45, 2.75) is 26.5 Å². The molecule has 0 saturated heterocycles. The molecule has 1 heterocycles. The number of ether oxygens (including phenoxy) is 1. The summed E-state index contributed by atoms with van der Waals surface area (Å²) in [5.74, 6) is 1.25. The molecule has 0 radical (unpaired) electrons. The molecular weight excluding hydrogens is 514 g/mol. The van der Waals surface area contributed by atoms with E-state index in [0.29, 0.717) is 13.2 Å². The van der Waals surface area contributed by atoms with Crippen LogP contribution in [0.15, 0.2) is 59.7 Å². The fraction of sp³-hybridized carbons (Fsp3) is 0.273. The van der Waals surface area contributed by atoms with Crippen molar-refractivity contribution >= 4 is 41.3 Å². The van der Waals surface area contributed by atoms with E-state index in [1.54, 1.807) is 24.5 Å². The molecule has 0 atom stereocenters. The van der Waals surface area contributed by atoms with Gasteiger partial charge in [0, 0.05) is 37.6 Å². The van der Waals surface area contributed by atoms with Crippen LogP contribution in [-0.4, -0.2) is 24.5 Å². The third kappa shape index (κ3) is 7.91. The number of benzene rings is 2. The largest absolute Gasteiger partial charge is 0.489 e. The number of hydrogen-bond acceptors (Lipinski definition) is 4. The minimum Gasteiger partial charge on any atom is -0.489 e. The van der Waals surface area contributed by atoms with Crippen LogP contribution >= 0.6 is 35.3 Å². The summed E-state index contributed by atoms with van der Waals surface area (Å²) in [6.45, 7) is 3.83. The van der Waals surface area contributed by atoms with Crippen LogP contribution in [-0.2, 0) is 19.6 Å². The zero-order valence-corrected chi connectivity index (χ0v) is 20.2. The number of aryl methyl sites for hydroxylation is 1. The monoisotopic (exact) mass is 540 g/mol. The second-order valence-electron chi connectivity index (χ2n) is 6.53. The van der Waals surface area contributed by atoms with Gasteiger partial charge in [-0.25, -0.2) is 9.37 Å². The highest BCUT2D eigenvalue weighted by Crippen LogP contribution is 2.15. The zero-order chi connectivity index (χ0) is 20.5. The lowest BCUT2D eigenvalue weighted by atomic mass is 10.2. The molecule has 0 aliphatic carbocycles. The molecule has 160 valence electrons. The van der Waals surface area contributed by atoms with Gasteiger partial charge in [0.25, 0.3) is 0 Å². The molecule has 0 fully saturated rings. The summed E-state index contributed by atoms with van der Waals surface area (Å²) in [5.41, 5.74) is 1.92. The number of aromatic nitrogens is 1. The maximum atomic E-state index is 13.2. The number of rotatable bonds is 8. The Bertz CT molecular complexity index is 946. The Morgan fingerprint density at radius 2 is 1.93 bits per heavy atom. The highest BCUT2D eigenvalue weighted by molar-refractivity contribution is 14.0. The van der Waals surface area contributed by atoms with Crippen molar-refractivity contribution in [2.75, 3.05) is 13.6 Å². The third-order valence-corrected chi connectivity index (χ3v) is 5.17. The van der Waals surface area contributed by atoms with E-state index in [2.05, 4.69) is 27.5 Å². The minimum atomic E-state index is -0.253. The van der Waals surface area contributed by atoms with Gasteiger partial charge < -0.3 is 15.4 Å². The third-order valence-electron chi connectivity index (χ3n) is 4.20. The lowest BCUT2D eigenvalue weighted by molar-refractivity contribution is 0.305. The van der Waals surface area contributed by atoms with Gasteiger partial charge in [0.15, 0.2) is 5.96 Å². The van der Waals surface area contributed by atoms with E-state index in [1.807, 2.05) is 36.5 Å². The van der Waals surface area contributed by atoms with Crippen LogP contribution in [0.1, 0.15) is 21.0 Å². The number of halogens is 2. The van der Waals surface area contributed by atoms with E-state index >= 15 is 0 Å². The molecule has 30 heavy (non-hydrogen) atoms. The summed E-state index contributed by atoms with van der Waals surface area (Å²) >= 11 is 1.72. The normalized spacial score (nSPS) is 11.0. The highest BCUT2D eigenvalue weighted by Gasteiger charge is 2.02. The molecule has 0 aliphatic heterocycles. The van der Waals surface area contributed by atoms with Gasteiger partial charge in [-0.1, -0.05) is 24.3 Å². The summed E-state index contributed by atoms with van der Waals surface area (Å²) < 4.78 is 18.9. The molecule has 1 aromatic heterocycles. The first-order chi connectivity index (χ1) is 14.1. The van der Waals surface area contributed by atoms with Crippen molar-refractivity contribution in [1.29, 1.82) is 0 Å². The molecule has 3 aromatic rings. The number of nitrogens with one attached hydrogen (secondary N) is 2. The van der Waals surface area contributed by atoms with Crippen LogP contribution in [0, 0.1) is 12.7 Å². The fourth-order valence-corrected chi connectivity index (χ4v) is 3.49. The summed E-state index contributed by atoms with van der Waals surface area (Å²) in [4.78, 5) is 9.84. The lowest BCUT2D eigenvalue weighted by Gasteiger charge is -2.12. The Hall–Kier alpha value is -2.20. The first kappa shape index (κ1) is 24.1.